The van der Waals surface area contributed by atoms with Gasteiger partial charge in [-0.05, 0) is 54.3 Å². The second-order valence-corrected chi connectivity index (χ2v) is 8.60. The number of nitrogens with zero attached hydrogens (tertiary/aromatic N) is 1. The maximum absolute atomic E-state index is 13.3. The molecular weight excluding hydrogens is 474 g/mol. The Bertz CT molecular complexity index is 1100. The summed E-state index contributed by atoms with van der Waals surface area (Å²) in [6.07, 6.45) is 0.775. The van der Waals surface area contributed by atoms with Gasteiger partial charge in [-0.25, -0.2) is 4.79 Å². The van der Waals surface area contributed by atoms with Crippen molar-refractivity contribution in [2.45, 2.75) is 32.7 Å². The Morgan fingerprint density at radius 2 is 1.91 bits per heavy atom. The Labute approximate surface area is 208 Å². The van der Waals surface area contributed by atoms with Crippen molar-refractivity contribution < 1.29 is 28.7 Å². The van der Waals surface area contributed by atoms with Crippen molar-refractivity contribution in [3.8, 4) is 11.5 Å². The van der Waals surface area contributed by atoms with Crippen molar-refractivity contribution in [3.63, 3.8) is 0 Å². The van der Waals surface area contributed by atoms with Gasteiger partial charge >= 0.3 is 12.0 Å². The summed E-state index contributed by atoms with van der Waals surface area (Å²) in [6, 6.07) is 10.7. The van der Waals surface area contributed by atoms with Crippen LogP contribution in [0.5, 0.6) is 11.5 Å². The van der Waals surface area contributed by atoms with E-state index in [1.54, 1.807) is 42.5 Å². The van der Waals surface area contributed by atoms with Crippen LogP contribution in [0.2, 0.25) is 5.02 Å². The van der Waals surface area contributed by atoms with E-state index >= 15 is 0 Å². The number of imide groups is 1. The molecule has 1 saturated heterocycles. The minimum Gasteiger partial charge on any atom is -0.496 e. The van der Waals surface area contributed by atoms with Crippen molar-refractivity contribution >= 4 is 35.4 Å². The van der Waals surface area contributed by atoms with Gasteiger partial charge in [0.1, 0.15) is 18.0 Å². The van der Waals surface area contributed by atoms with Crippen molar-refractivity contribution in [1.82, 2.24) is 15.5 Å². The van der Waals surface area contributed by atoms with E-state index in [-0.39, 0.29) is 19.5 Å². The molecule has 1 aliphatic rings. The van der Waals surface area contributed by atoms with E-state index in [0.717, 1.165) is 10.5 Å². The van der Waals surface area contributed by atoms with E-state index in [9.17, 15) is 19.2 Å². The van der Waals surface area contributed by atoms with E-state index in [2.05, 4.69) is 10.6 Å². The zero-order valence-corrected chi connectivity index (χ0v) is 20.6. The predicted molar refractivity (Wildman–Crippen MR) is 129 cm³/mol. The van der Waals surface area contributed by atoms with Gasteiger partial charge < -0.3 is 20.1 Å². The lowest BCUT2D eigenvalue weighted by Crippen LogP contribution is -2.48. The first kappa shape index (κ1) is 26.0. The minimum absolute atomic E-state index is 0.0892. The molecule has 10 heteroatoms. The summed E-state index contributed by atoms with van der Waals surface area (Å²) >= 11 is 6.12. The standard InChI is InChI=1S/C25H28ClN3O6/c1-4-21(16-5-8-20(9-6-16)35-15(2)30)28-25(33)29-14-23(31)27-13-18(24(29)32)11-17-12-19(26)7-10-22(17)34-3/h5-10,12,18,21H,4,11,13-14H2,1-3H3,(H,27,31)(H,28,33)/t18-,21-/m1/s1. The maximum Gasteiger partial charge on any atom is 0.325 e. The third-order valence-electron chi connectivity index (χ3n) is 5.67. The lowest BCUT2D eigenvalue weighted by molar-refractivity contribution is -0.133. The highest BCUT2D eigenvalue weighted by Crippen LogP contribution is 2.27. The van der Waals surface area contributed by atoms with Gasteiger partial charge in [-0.3, -0.25) is 19.3 Å². The van der Waals surface area contributed by atoms with Gasteiger partial charge in [0.25, 0.3) is 0 Å². The molecular formula is C25H28ClN3O6. The van der Waals surface area contributed by atoms with Crippen molar-refractivity contribution in [3.05, 3.63) is 58.6 Å². The van der Waals surface area contributed by atoms with Gasteiger partial charge in [0, 0.05) is 18.5 Å². The van der Waals surface area contributed by atoms with E-state index in [0.29, 0.717) is 28.5 Å². The molecule has 0 unspecified atom stereocenters. The first-order valence-corrected chi connectivity index (χ1v) is 11.6. The molecule has 3 rings (SSSR count). The molecule has 2 N–H and O–H groups in total. The number of rotatable bonds is 7. The summed E-state index contributed by atoms with van der Waals surface area (Å²) in [4.78, 5) is 50.8. The number of hydrogen-bond acceptors (Lipinski definition) is 6. The summed E-state index contributed by atoms with van der Waals surface area (Å²) in [5.74, 6) is -1.04. The van der Waals surface area contributed by atoms with Crippen LogP contribution in [0.25, 0.3) is 0 Å². The van der Waals surface area contributed by atoms with Crippen LogP contribution in [0, 0.1) is 5.92 Å². The Balaban J connectivity index is 1.76. The third kappa shape index (κ3) is 6.73. The molecule has 9 nitrogen and oxygen atoms in total. The van der Waals surface area contributed by atoms with E-state index in [1.807, 2.05) is 6.92 Å². The molecule has 1 fully saturated rings. The number of nitrogens with one attached hydrogen (secondary N) is 2. The molecule has 0 radical (unpaired) electrons. The second kappa shape index (κ2) is 11.7. The van der Waals surface area contributed by atoms with Crippen LogP contribution in [-0.4, -0.2) is 48.9 Å². The lowest BCUT2D eigenvalue weighted by Gasteiger charge is -2.25. The molecule has 2 aromatic rings. The largest absolute Gasteiger partial charge is 0.496 e. The quantitative estimate of drug-likeness (QED) is 0.444. The number of carbonyl (C=O) groups is 4. The lowest BCUT2D eigenvalue weighted by atomic mass is 9.97. The topological polar surface area (TPSA) is 114 Å². The Hall–Kier alpha value is -3.59. The highest BCUT2D eigenvalue weighted by Gasteiger charge is 2.35. The van der Waals surface area contributed by atoms with Crippen LogP contribution in [-0.2, 0) is 20.8 Å². The SMILES string of the molecule is CC[C@@H](NC(=O)N1CC(=O)NC[C@@H](Cc2cc(Cl)ccc2OC)C1=O)c1ccc(OC(C)=O)cc1. The van der Waals surface area contributed by atoms with Gasteiger partial charge in [0.05, 0.1) is 19.1 Å². The first-order valence-electron chi connectivity index (χ1n) is 11.2. The molecule has 1 aliphatic heterocycles. The van der Waals surface area contributed by atoms with Crippen molar-refractivity contribution in [2.75, 3.05) is 20.2 Å². The van der Waals surface area contributed by atoms with Crippen LogP contribution in [0.3, 0.4) is 0 Å². The summed E-state index contributed by atoms with van der Waals surface area (Å²) in [7, 11) is 1.52. The number of carbonyl (C=O) groups excluding carboxylic acids is 4. The van der Waals surface area contributed by atoms with Gasteiger partial charge in [-0.1, -0.05) is 30.7 Å². The zero-order valence-electron chi connectivity index (χ0n) is 19.8. The fourth-order valence-corrected chi connectivity index (χ4v) is 4.10. The molecule has 0 aliphatic carbocycles. The Morgan fingerprint density at radius 1 is 1.20 bits per heavy atom. The summed E-state index contributed by atoms with van der Waals surface area (Å²) in [6.45, 7) is 2.91. The number of esters is 1. The second-order valence-electron chi connectivity index (χ2n) is 8.16. The Kier molecular flexibility index (Phi) is 8.70. The van der Waals surface area contributed by atoms with Crippen molar-refractivity contribution in [1.29, 1.82) is 0 Å². The maximum atomic E-state index is 13.3. The number of ether oxygens (including phenoxy) is 2. The summed E-state index contributed by atoms with van der Waals surface area (Å²) in [5, 5.41) is 6.04. The van der Waals surface area contributed by atoms with Crippen LogP contribution >= 0.6 is 11.6 Å². The fraction of sp³-hybridized carbons (Fsp3) is 0.360. The monoisotopic (exact) mass is 501 g/mol. The molecule has 0 spiro atoms. The van der Waals surface area contributed by atoms with Crippen LogP contribution in [0.1, 0.15) is 37.4 Å². The number of amides is 4. The number of benzene rings is 2. The van der Waals surface area contributed by atoms with E-state index in [1.165, 1.54) is 14.0 Å². The first-order chi connectivity index (χ1) is 16.7. The van der Waals surface area contributed by atoms with Gasteiger partial charge in [0.15, 0.2) is 0 Å². The number of hydrogen-bond donors (Lipinski definition) is 2. The van der Waals surface area contributed by atoms with Crippen LogP contribution in [0.15, 0.2) is 42.5 Å². The molecule has 0 saturated carbocycles. The average molecular weight is 502 g/mol. The predicted octanol–water partition coefficient (Wildman–Crippen LogP) is 3.25. The highest BCUT2D eigenvalue weighted by atomic mass is 35.5. The van der Waals surface area contributed by atoms with Crippen LogP contribution < -0.4 is 20.1 Å². The van der Waals surface area contributed by atoms with E-state index in [4.69, 9.17) is 21.1 Å². The van der Waals surface area contributed by atoms with Gasteiger partial charge in [0.2, 0.25) is 11.8 Å². The molecule has 4 amide bonds. The Morgan fingerprint density at radius 3 is 2.54 bits per heavy atom. The molecule has 2 atom stereocenters. The normalized spacial score (nSPS) is 16.7. The summed E-state index contributed by atoms with van der Waals surface area (Å²) < 4.78 is 10.4. The number of urea groups is 1. The molecule has 0 bridgehead atoms. The molecule has 2 aromatic carbocycles. The van der Waals surface area contributed by atoms with Gasteiger partial charge in [-0.15, -0.1) is 0 Å². The fourth-order valence-electron chi connectivity index (χ4n) is 3.91. The van der Waals surface area contributed by atoms with Crippen LogP contribution in [0.4, 0.5) is 4.79 Å². The summed E-state index contributed by atoms with van der Waals surface area (Å²) in [5.41, 5.74) is 1.47. The highest BCUT2D eigenvalue weighted by molar-refractivity contribution is 6.30. The van der Waals surface area contributed by atoms with Gasteiger partial charge in [-0.2, -0.15) is 0 Å². The third-order valence-corrected chi connectivity index (χ3v) is 5.90. The minimum atomic E-state index is -0.678. The number of halogens is 1. The van der Waals surface area contributed by atoms with Crippen molar-refractivity contribution in [2.24, 2.45) is 5.92 Å². The van der Waals surface area contributed by atoms with E-state index < -0.39 is 35.8 Å². The molecule has 186 valence electrons. The zero-order chi connectivity index (χ0) is 25.5. The molecule has 35 heavy (non-hydrogen) atoms. The molecule has 0 aromatic heterocycles. The number of methoxy groups -OCH3 is 1. The molecule has 1 heterocycles. The average Bonchev–Trinajstić information content (AvgIpc) is 2.96. The smallest absolute Gasteiger partial charge is 0.325 e.